The van der Waals surface area contributed by atoms with Crippen LogP contribution in [0.15, 0.2) is 51.4 Å². The Morgan fingerprint density at radius 2 is 1.91 bits per heavy atom. The number of ether oxygens (including phenoxy) is 2. The lowest BCUT2D eigenvalue weighted by Gasteiger charge is -2.10. The van der Waals surface area contributed by atoms with Gasteiger partial charge in [-0.1, -0.05) is 15.9 Å². The molecular formula is C16H12BrNO5. The number of aliphatic carboxylic acids is 1. The quantitative estimate of drug-likeness (QED) is 0.716. The number of carbonyl (C=O) groups is 1. The number of benzene rings is 2. The Bertz CT molecular complexity index is 843. The second-order valence-electron chi connectivity index (χ2n) is 4.76. The molecule has 1 unspecified atom stereocenters. The van der Waals surface area contributed by atoms with E-state index in [1.54, 1.807) is 30.3 Å². The standard InChI is InChI=1S/C16H12BrNO5/c1-9(15(19)20)21-11-3-5-12(6-4-11)22-16-18-13-8-10(17)2-7-14(13)23-16/h2-9H,1H3,(H,19,20). The van der Waals surface area contributed by atoms with Gasteiger partial charge in [-0.15, -0.1) is 0 Å². The number of hydrogen-bond acceptors (Lipinski definition) is 5. The van der Waals surface area contributed by atoms with Crippen molar-refractivity contribution in [1.29, 1.82) is 0 Å². The van der Waals surface area contributed by atoms with Crippen molar-refractivity contribution in [3.05, 3.63) is 46.9 Å². The molecule has 0 aliphatic carbocycles. The first-order valence-corrected chi connectivity index (χ1v) is 7.54. The minimum atomic E-state index is -1.03. The minimum Gasteiger partial charge on any atom is -0.479 e. The third-order valence-electron chi connectivity index (χ3n) is 3.02. The largest absolute Gasteiger partial charge is 0.479 e. The molecule has 0 spiro atoms. The van der Waals surface area contributed by atoms with Gasteiger partial charge in [-0.25, -0.2) is 4.79 Å². The van der Waals surface area contributed by atoms with E-state index in [0.717, 1.165) is 4.47 Å². The first-order valence-electron chi connectivity index (χ1n) is 6.75. The summed E-state index contributed by atoms with van der Waals surface area (Å²) in [5.41, 5.74) is 1.31. The summed E-state index contributed by atoms with van der Waals surface area (Å²) in [6, 6.07) is 12.0. The molecule has 3 aromatic rings. The van der Waals surface area contributed by atoms with E-state index in [0.29, 0.717) is 22.6 Å². The lowest BCUT2D eigenvalue weighted by Crippen LogP contribution is -2.22. The molecule has 0 bridgehead atoms. The van der Waals surface area contributed by atoms with Gasteiger partial charge in [0, 0.05) is 4.47 Å². The molecule has 1 aromatic heterocycles. The van der Waals surface area contributed by atoms with E-state index >= 15 is 0 Å². The third-order valence-corrected chi connectivity index (χ3v) is 3.51. The highest BCUT2D eigenvalue weighted by atomic mass is 79.9. The molecule has 0 amide bonds. The smallest absolute Gasteiger partial charge is 0.400 e. The van der Waals surface area contributed by atoms with Crippen LogP contribution in [0.5, 0.6) is 17.6 Å². The molecule has 0 saturated heterocycles. The van der Waals surface area contributed by atoms with Gasteiger partial charge in [-0.2, -0.15) is 4.98 Å². The lowest BCUT2D eigenvalue weighted by atomic mass is 10.3. The summed E-state index contributed by atoms with van der Waals surface area (Å²) in [5.74, 6) is -0.0809. The molecule has 2 aromatic carbocycles. The van der Waals surface area contributed by atoms with E-state index in [9.17, 15) is 4.79 Å². The average Bonchev–Trinajstić information content (AvgIpc) is 2.90. The maximum atomic E-state index is 10.7. The van der Waals surface area contributed by atoms with Gasteiger partial charge in [0.15, 0.2) is 11.7 Å². The van der Waals surface area contributed by atoms with E-state index < -0.39 is 12.1 Å². The summed E-state index contributed by atoms with van der Waals surface area (Å²) in [4.78, 5) is 15.0. The normalized spacial score (nSPS) is 12.1. The predicted octanol–water partition coefficient (Wildman–Crippen LogP) is 4.23. The number of rotatable bonds is 5. The Labute approximate surface area is 139 Å². The van der Waals surface area contributed by atoms with Crippen LogP contribution < -0.4 is 9.47 Å². The van der Waals surface area contributed by atoms with Crippen LogP contribution in [0.1, 0.15) is 6.92 Å². The first kappa shape index (κ1) is 15.4. The molecule has 0 fully saturated rings. The first-order chi connectivity index (χ1) is 11.0. The fourth-order valence-electron chi connectivity index (χ4n) is 1.86. The number of nitrogens with zero attached hydrogens (tertiary/aromatic N) is 1. The Kier molecular flexibility index (Phi) is 4.20. The van der Waals surface area contributed by atoms with Gasteiger partial charge >= 0.3 is 12.0 Å². The summed E-state index contributed by atoms with van der Waals surface area (Å²) >= 11 is 3.37. The van der Waals surface area contributed by atoms with Crippen molar-refractivity contribution in [2.24, 2.45) is 0 Å². The van der Waals surface area contributed by atoms with Crippen molar-refractivity contribution in [2.45, 2.75) is 13.0 Å². The van der Waals surface area contributed by atoms with Crippen LogP contribution >= 0.6 is 15.9 Å². The van der Waals surface area contributed by atoms with Gasteiger partial charge in [-0.3, -0.25) is 0 Å². The zero-order chi connectivity index (χ0) is 16.4. The molecule has 0 saturated carbocycles. The Hall–Kier alpha value is -2.54. The number of oxazole rings is 1. The highest BCUT2D eigenvalue weighted by Gasteiger charge is 2.13. The molecule has 7 heteroatoms. The average molecular weight is 378 g/mol. The van der Waals surface area contributed by atoms with Gasteiger partial charge in [0.1, 0.15) is 17.0 Å². The van der Waals surface area contributed by atoms with Crippen molar-refractivity contribution in [1.82, 2.24) is 4.98 Å². The summed E-state index contributed by atoms with van der Waals surface area (Å²) in [5, 5.41) is 8.81. The van der Waals surface area contributed by atoms with Crippen LogP contribution in [0.2, 0.25) is 0 Å². The molecule has 6 nitrogen and oxygen atoms in total. The minimum absolute atomic E-state index is 0.130. The number of hydrogen-bond donors (Lipinski definition) is 1. The molecular weight excluding hydrogens is 366 g/mol. The third kappa shape index (κ3) is 3.62. The van der Waals surface area contributed by atoms with E-state index in [1.165, 1.54) is 6.92 Å². The molecule has 23 heavy (non-hydrogen) atoms. The molecule has 1 atom stereocenters. The van der Waals surface area contributed by atoms with E-state index in [2.05, 4.69) is 20.9 Å². The highest BCUT2D eigenvalue weighted by molar-refractivity contribution is 9.10. The van der Waals surface area contributed by atoms with Crippen LogP contribution in [0.25, 0.3) is 11.1 Å². The molecule has 1 N–H and O–H groups in total. The number of fused-ring (bicyclic) bond motifs is 1. The van der Waals surface area contributed by atoms with Crippen molar-refractivity contribution >= 4 is 33.0 Å². The molecule has 0 aliphatic heterocycles. The Morgan fingerprint density at radius 1 is 1.22 bits per heavy atom. The topological polar surface area (TPSA) is 81.8 Å². The number of aromatic nitrogens is 1. The summed E-state index contributed by atoms with van der Waals surface area (Å²) < 4.78 is 17.2. The molecule has 0 radical (unpaired) electrons. The second-order valence-corrected chi connectivity index (χ2v) is 5.68. The summed E-state index contributed by atoms with van der Waals surface area (Å²) in [6.07, 6.45) is -0.789. The summed E-state index contributed by atoms with van der Waals surface area (Å²) in [6.45, 7) is 1.46. The van der Waals surface area contributed by atoms with Crippen molar-refractivity contribution in [3.8, 4) is 17.6 Å². The van der Waals surface area contributed by atoms with Crippen molar-refractivity contribution in [3.63, 3.8) is 0 Å². The van der Waals surface area contributed by atoms with Gasteiger partial charge in [-0.05, 0) is 49.4 Å². The number of carboxylic acids is 1. The molecule has 3 rings (SSSR count). The monoisotopic (exact) mass is 377 g/mol. The van der Waals surface area contributed by atoms with Crippen molar-refractivity contribution < 1.29 is 23.8 Å². The lowest BCUT2D eigenvalue weighted by molar-refractivity contribution is -0.144. The van der Waals surface area contributed by atoms with Gasteiger partial charge in [0.2, 0.25) is 0 Å². The molecule has 1 heterocycles. The number of carboxylic acid groups (broad SMARTS) is 1. The zero-order valence-corrected chi connectivity index (χ0v) is 13.6. The van der Waals surface area contributed by atoms with E-state index in [-0.39, 0.29) is 6.08 Å². The highest BCUT2D eigenvalue weighted by Crippen LogP contribution is 2.28. The number of halogens is 1. The van der Waals surface area contributed by atoms with Crippen LogP contribution in [-0.2, 0) is 4.79 Å². The Balaban J connectivity index is 1.73. The maximum Gasteiger partial charge on any atom is 0.400 e. The summed E-state index contributed by atoms with van der Waals surface area (Å²) in [7, 11) is 0. The van der Waals surface area contributed by atoms with E-state index in [4.69, 9.17) is 19.0 Å². The maximum absolute atomic E-state index is 10.7. The van der Waals surface area contributed by atoms with E-state index in [1.807, 2.05) is 12.1 Å². The van der Waals surface area contributed by atoms with Crippen LogP contribution in [0, 0.1) is 0 Å². The Morgan fingerprint density at radius 3 is 2.61 bits per heavy atom. The van der Waals surface area contributed by atoms with Crippen LogP contribution in [0.3, 0.4) is 0 Å². The fourth-order valence-corrected chi connectivity index (χ4v) is 2.21. The van der Waals surface area contributed by atoms with Crippen LogP contribution in [0.4, 0.5) is 0 Å². The second kappa shape index (κ2) is 6.29. The van der Waals surface area contributed by atoms with Gasteiger partial charge in [0.05, 0.1) is 0 Å². The molecule has 0 aliphatic rings. The zero-order valence-electron chi connectivity index (χ0n) is 12.0. The SMILES string of the molecule is CC(Oc1ccc(Oc2nc3cc(Br)ccc3o2)cc1)C(=O)O. The van der Waals surface area contributed by atoms with Crippen LogP contribution in [-0.4, -0.2) is 22.2 Å². The van der Waals surface area contributed by atoms with Gasteiger partial charge in [0.25, 0.3) is 0 Å². The van der Waals surface area contributed by atoms with Crippen molar-refractivity contribution in [2.75, 3.05) is 0 Å². The molecule has 118 valence electrons. The fraction of sp³-hybridized carbons (Fsp3) is 0.125. The predicted molar refractivity (Wildman–Crippen MR) is 86.0 cm³/mol. The van der Waals surface area contributed by atoms with Gasteiger partial charge < -0.3 is 19.0 Å².